The van der Waals surface area contributed by atoms with Crippen LogP contribution in [0.4, 0.5) is 13.2 Å². The number of hydrogen-bond acceptors (Lipinski definition) is 5. The van der Waals surface area contributed by atoms with Gasteiger partial charge in [0.1, 0.15) is 0 Å². The maximum atomic E-state index is 12.9. The van der Waals surface area contributed by atoms with E-state index in [1.165, 1.54) is 0 Å². The van der Waals surface area contributed by atoms with E-state index in [4.69, 9.17) is 5.11 Å². The third kappa shape index (κ3) is 3.08. The Bertz CT molecular complexity index is 1050. The van der Waals surface area contributed by atoms with Gasteiger partial charge in [-0.05, 0) is 29.7 Å². The minimum Gasteiger partial charge on any atom is -0.478 e. The van der Waals surface area contributed by atoms with Gasteiger partial charge in [0, 0.05) is 11.6 Å². The van der Waals surface area contributed by atoms with E-state index in [9.17, 15) is 34.8 Å². The first kappa shape index (κ1) is 18.2. The van der Waals surface area contributed by atoms with Crippen LogP contribution in [-0.4, -0.2) is 39.7 Å². The minimum atomic E-state index is -5.83. The number of benzene rings is 2. The fourth-order valence-corrected chi connectivity index (χ4v) is 3.76. The Labute approximate surface area is 134 Å². The fourth-order valence-electron chi connectivity index (χ4n) is 2.00. The van der Waals surface area contributed by atoms with Crippen molar-refractivity contribution in [2.45, 2.75) is 15.3 Å². The van der Waals surface area contributed by atoms with Gasteiger partial charge in [-0.2, -0.15) is 13.2 Å². The van der Waals surface area contributed by atoms with Crippen LogP contribution in [0.15, 0.2) is 40.1 Å². The summed E-state index contributed by atoms with van der Waals surface area (Å²) in [6, 6.07) is 4.07. The largest absolute Gasteiger partial charge is 0.501 e. The van der Waals surface area contributed by atoms with Gasteiger partial charge in [0.15, 0.2) is 9.84 Å². The van der Waals surface area contributed by atoms with Crippen molar-refractivity contribution in [2.75, 3.05) is 6.26 Å². The van der Waals surface area contributed by atoms with Gasteiger partial charge >= 0.3 is 11.5 Å². The molecule has 0 radical (unpaired) electrons. The Kier molecular flexibility index (Phi) is 4.13. The van der Waals surface area contributed by atoms with E-state index in [-0.39, 0.29) is 10.9 Å². The Hall–Kier alpha value is -2.14. The molecule has 0 amide bonds. The van der Waals surface area contributed by atoms with Crippen LogP contribution in [0.5, 0.6) is 0 Å². The van der Waals surface area contributed by atoms with Crippen molar-refractivity contribution in [3.63, 3.8) is 0 Å². The van der Waals surface area contributed by atoms with Crippen molar-refractivity contribution in [1.82, 2.24) is 0 Å². The van der Waals surface area contributed by atoms with Crippen molar-refractivity contribution in [3.05, 3.63) is 35.9 Å². The minimum absolute atomic E-state index is 0.249. The molecule has 0 saturated carbocycles. The van der Waals surface area contributed by atoms with Gasteiger partial charge in [0.25, 0.3) is 9.84 Å². The molecule has 0 fully saturated rings. The summed E-state index contributed by atoms with van der Waals surface area (Å²) in [6.45, 7) is 0. The van der Waals surface area contributed by atoms with E-state index in [1.54, 1.807) is 0 Å². The SMILES string of the molecule is CS(=O)(=O)c1cc(S(=O)(=O)C(F)(F)F)c2ccc(C(=O)O)cc2c1. The molecule has 2 rings (SSSR count). The quantitative estimate of drug-likeness (QED) is 0.873. The van der Waals surface area contributed by atoms with Crippen LogP contribution in [-0.2, 0) is 19.7 Å². The zero-order valence-corrected chi connectivity index (χ0v) is 13.5. The number of carbonyl (C=O) groups is 1. The maximum Gasteiger partial charge on any atom is 0.501 e. The highest BCUT2D eigenvalue weighted by atomic mass is 32.2. The van der Waals surface area contributed by atoms with Crippen LogP contribution in [0.1, 0.15) is 10.4 Å². The summed E-state index contributed by atoms with van der Waals surface area (Å²) < 4.78 is 85.3. The van der Waals surface area contributed by atoms with Gasteiger partial charge in [-0.15, -0.1) is 0 Å². The predicted molar refractivity (Wildman–Crippen MR) is 77.3 cm³/mol. The molecule has 2 aromatic rings. The number of halogens is 3. The van der Waals surface area contributed by atoms with Crippen molar-refractivity contribution in [1.29, 1.82) is 0 Å². The molecule has 2 aromatic carbocycles. The summed E-state index contributed by atoms with van der Waals surface area (Å²) in [5.74, 6) is -1.40. The standard InChI is InChI=1S/C13H9F3O6S2/c1-23(19,20)9-5-8-4-7(12(17)18)2-3-10(8)11(6-9)24(21,22)13(14,15)16/h2-6H,1H3,(H,17,18). The van der Waals surface area contributed by atoms with Gasteiger partial charge in [0.05, 0.1) is 15.4 Å². The van der Waals surface area contributed by atoms with Crippen LogP contribution >= 0.6 is 0 Å². The summed E-state index contributed by atoms with van der Waals surface area (Å²) in [7, 11) is -9.87. The van der Waals surface area contributed by atoms with Crippen molar-refractivity contribution >= 4 is 36.4 Å². The average molecular weight is 382 g/mol. The second kappa shape index (κ2) is 5.45. The highest BCUT2D eigenvalue weighted by molar-refractivity contribution is 7.92. The van der Waals surface area contributed by atoms with Crippen LogP contribution < -0.4 is 0 Å². The van der Waals surface area contributed by atoms with E-state index in [1.807, 2.05) is 0 Å². The van der Waals surface area contributed by atoms with Crippen molar-refractivity contribution < 1.29 is 39.9 Å². The normalized spacial score (nSPS) is 13.2. The predicted octanol–water partition coefficient (Wildman–Crippen LogP) is 2.24. The van der Waals surface area contributed by atoms with Gasteiger partial charge < -0.3 is 5.11 Å². The Balaban J connectivity index is 3.01. The van der Waals surface area contributed by atoms with E-state index in [0.717, 1.165) is 24.3 Å². The molecule has 130 valence electrons. The molecule has 0 saturated heterocycles. The van der Waals surface area contributed by atoms with Crippen molar-refractivity contribution in [2.24, 2.45) is 0 Å². The second-order valence-electron chi connectivity index (χ2n) is 4.88. The highest BCUT2D eigenvalue weighted by Gasteiger charge is 2.48. The molecule has 0 aromatic heterocycles. The summed E-state index contributed by atoms with van der Waals surface area (Å²) in [5, 5.41) is 8.24. The maximum absolute atomic E-state index is 12.9. The Morgan fingerprint density at radius 1 is 1.04 bits per heavy atom. The molecule has 0 spiro atoms. The first-order valence-corrected chi connectivity index (χ1v) is 9.45. The number of carboxylic acid groups (broad SMARTS) is 1. The number of fused-ring (bicyclic) bond motifs is 1. The Morgan fingerprint density at radius 3 is 2.08 bits per heavy atom. The molecule has 0 bridgehead atoms. The number of carboxylic acids is 1. The molecule has 0 aliphatic rings. The third-order valence-electron chi connectivity index (χ3n) is 3.16. The number of aromatic carboxylic acids is 1. The van der Waals surface area contributed by atoms with Gasteiger partial charge in [-0.3, -0.25) is 0 Å². The van der Waals surface area contributed by atoms with Gasteiger partial charge in [-0.1, -0.05) is 6.07 Å². The number of rotatable bonds is 3. The molecule has 11 heteroatoms. The first-order valence-electron chi connectivity index (χ1n) is 6.07. The van der Waals surface area contributed by atoms with Crippen LogP contribution in [0.25, 0.3) is 10.8 Å². The molecule has 6 nitrogen and oxygen atoms in total. The lowest BCUT2D eigenvalue weighted by Gasteiger charge is -2.13. The monoisotopic (exact) mass is 382 g/mol. The van der Waals surface area contributed by atoms with Crippen LogP contribution in [0, 0.1) is 0 Å². The zero-order valence-electron chi connectivity index (χ0n) is 11.8. The lowest BCUT2D eigenvalue weighted by Crippen LogP contribution is -2.23. The molecule has 0 aliphatic carbocycles. The van der Waals surface area contributed by atoms with Crippen molar-refractivity contribution in [3.8, 4) is 0 Å². The summed E-state index contributed by atoms with van der Waals surface area (Å²) >= 11 is 0. The smallest absolute Gasteiger partial charge is 0.478 e. The molecule has 0 heterocycles. The van der Waals surface area contributed by atoms with E-state index in [0.29, 0.717) is 12.3 Å². The summed E-state index contributed by atoms with van der Waals surface area (Å²) in [6.07, 6.45) is 0.694. The number of hydrogen-bond donors (Lipinski definition) is 1. The fraction of sp³-hybridized carbons (Fsp3) is 0.154. The molecular weight excluding hydrogens is 373 g/mol. The Morgan fingerprint density at radius 2 is 1.62 bits per heavy atom. The van der Waals surface area contributed by atoms with Gasteiger partial charge in [0.2, 0.25) is 0 Å². The third-order valence-corrected chi connectivity index (χ3v) is 5.78. The highest BCUT2D eigenvalue weighted by Crippen LogP contribution is 2.36. The lowest BCUT2D eigenvalue weighted by atomic mass is 10.1. The van der Waals surface area contributed by atoms with E-state index in [2.05, 4.69) is 0 Å². The first-order chi connectivity index (χ1) is 10.7. The number of alkyl halides is 3. The lowest BCUT2D eigenvalue weighted by molar-refractivity contribution is -0.0435. The molecule has 0 aliphatic heterocycles. The molecule has 0 atom stereocenters. The summed E-state index contributed by atoms with van der Waals surface area (Å²) in [4.78, 5) is 9.04. The van der Waals surface area contributed by atoms with Gasteiger partial charge in [-0.25, -0.2) is 21.6 Å². The average Bonchev–Trinajstić information content (AvgIpc) is 2.43. The molecule has 1 N–H and O–H groups in total. The molecule has 0 unspecified atom stereocenters. The summed E-state index contributed by atoms with van der Waals surface area (Å²) in [5.41, 5.74) is -5.97. The van der Waals surface area contributed by atoms with Crippen LogP contribution in [0.2, 0.25) is 0 Å². The number of sulfone groups is 2. The second-order valence-corrected chi connectivity index (χ2v) is 8.81. The topological polar surface area (TPSA) is 106 Å². The van der Waals surface area contributed by atoms with Crippen LogP contribution in [0.3, 0.4) is 0 Å². The molecule has 24 heavy (non-hydrogen) atoms. The van der Waals surface area contributed by atoms with E-state index < -0.39 is 46.3 Å². The zero-order chi connectivity index (χ0) is 18.5. The molecular formula is C13H9F3O6S2. The van der Waals surface area contributed by atoms with E-state index >= 15 is 0 Å².